The predicted octanol–water partition coefficient (Wildman–Crippen LogP) is 4.09. The van der Waals surface area contributed by atoms with Gasteiger partial charge in [0.05, 0.1) is 23.6 Å². The number of rotatable bonds is 11. The summed E-state index contributed by atoms with van der Waals surface area (Å²) in [4.78, 5) is 0.0386. The average Bonchev–Trinajstić information content (AvgIpc) is 3.32. The van der Waals surface area contributed by atoms with Crippen LogP contribution in [0.4, 0.5) is 18.9 Å². The molecule has 1 atom stereocenters. The number of halogens is 3. The van der Waals surface area contributed by atoms with E-state index in [1.54, 1.807) is 30.3 Å². The molecule has 1 unspecified atom stereocenters. The first-order valence-corrected chi connectivity index (χ1v) is 12.9. The molecule has 0 saturated heterocycles. The van der Waals surface area contributed by atoms with Gasteiger partial charge in [0, 0.05) is 36.3 Å². The van der Waals surface area contributed by atoms with Gasteiger partial charge < -0.3 is 19.9 Å². The van der Waals surface area contributed by atoms with Crippen molar-refractivity contribution in [2.75, 3.05) is 31.5 Å². The van der Waals surface area contributed by atoms with E-state index >= 15 is 0 Å². The lowest BCUT2D eigenvalue weighted by Gasteiger charge is -2.15. The number of nitrogens with one attached hydrogen (secondary N) is 3. The number of benzene rings is 3. The first kappa shape index (κ1) is 27.2. The lowest BCUT2D eigenvalue weighted by molar-refractivity contribution is -0.139. The van der Waals surface area contributed by atoms with Crippen LogP contribution in [0, 0.1) is 0 Å². The topological polar surface area (TPSA) is 126 Å². The molecule has 0 fully saturated rings. The Bertz CT molecular complexity index is 1510. The monoisotopic (exact) mass is 550 g/mol. The average molecular weight is 551 g/mol. The minimum Gasteiger partial charge on any atom is -0.497 e. The minimum atomic E-state index is -4.53. The molecule has 0 aliphatic carbocycles. The number of aliphatic hydroxyl groups is 1. The molecule has 0 saturated carbocycles. The Kier molecular flexibility index (Phi) is 8.09. The molecule has 9 nitrogen and oxygen atoms in total. The van der Waals surface area contributed by atoms with Crippen molar-refractivity contribution in [2.45, 2.75) is 17.2 Å². The molecule has 4 N–H and O–H groups in total. The highest BCUT2D eigenvalue weighted by atomic mass is 32.2. The van der Waals surface area contributed by atoms with Gasteiger partial charge in [0.25, 0.3) is 10.0 Å². The highest BCUT2D eigenvalue weighted by molar-refractivity contribution is 7.92. The highest BCUT2D eigenvalue weighted by Gasteiger charge is 2.35. The summed E-state index contributed by atoms with van der Waals surface area (Å²) >= 11 is 0. The zero-order valence-corrected chi connectivity index (χ0v) is 20.9. The summed E-state index contributed by atoms with van der Waals surface area (Å²) in [6, 6.07) is 16.6. The molecule has 13 heteroatoms. The van der Waals surface area contributed by atoms with E-state index in [-0.39, 0.29) is 34.6 Å². The van der Waals surface area contributed by atoms with Gasteiger partial charge in [0.2, 0.25) is 0 Å². The predicted molar refractivity (Wildman–Crippen MR) is 135 cm³/mol. The van der Waals surface area contributed by atoms with E-state index in [1.807, 2.05) is 5.10 Å². The fourth-order valence-corrected chi connectivity index (χ4v) is 4.77. The van der Waals surface area contributed by atoms with Crippen molar-refractivity contribution in [3.63, 3.8) is 0 Å². The van der Waals surface area contributed by atoms with Gasteiger partial charge in [-0.05, 0) is 42.0 Å². The quantitative estimate of drug-likeness (QED) is 0.207. The van der Waals surface area contributed by atoms with Crippen LogP contribution in [0.5, 0.6) is 11.5 Å². The van der Waals surface area contributed by atoms with Crippen LogP contribution in [0.15, 0.2) is 71.6 Å². The fourth-order valence-electron chi connectivity index (χ4n) is 3.69. The van der Waals surface area contributed by atoms with Crippen molar-refractivity contribution in [3.8, 4) is 11.5 Å². The molecule has 3 aromatic carbocycles. The molecule has 1 heterocycles. The SMILES string of the molecule is COc1cccc(S(=O)(=O)Nc2cccc(C(O)CNCCOc3ccc4c(C(F)(F)F)[nH]nc4c3)c2)c1. The first-order chi connectivity index (χ1) is 18.1. The molecule has 1 aromatic heterocycles. The molecule has 0 bridgehead atoms. The van der Waals surface area contributed by atoms with E-state index < -0.39 is 28.0 Å². The summed E-state index contributed by atoms with van der Waals surface area (Å²) in [6.07, 6.45) is -5.46. The molecule has 0 spiro atoms. The van der Waals surface area contributed by atoms with Crippen molar-refractivity contribution in [1.82, 2.24) is 15.5 Å². The fraction of sp³-hybridized carbons (Fsp3) is 0.240. The number of hydrogen-bond acceptors (Lipinski definition) is 7. The van der Waals surface area contributed by atoms with Crippen LogP contribution in [-0.2, 0) is 16.2 Å². The summed E-state index contributed by atoms with van der Waals surface area (Å²) in [5.74, 6) is 0.764. The van der Waals surface area contributed by atoms with Crippen LogP contribution in [0.1, 0.15) is 17.4 Å². The Morgan fingerprint density at radius 2 is 1.84 bits per heavy atom. The minimum absolute atomic E-state index is 0.0386. The van der Waals surface area contributed by atoms with E-state index in [0.717, 1.165) is 0 Å². The van der Waals surface area contributed by atoms with Crippen LogP contribution >= 0.6 is 0 Å². The number of alkyl halides is 3. The number of aliphatic hydroxyl groups excluding tert-OH is 1. The number of fused-ring (bicyclic) bond motifs is 1. The van der Waals surface area contributed by atoms with Gasteiger partial charge in [0.15, 0.2) is 0 Å². The number of methoxy groups -OCH3 is 1. The maximum Gasteiger partial charge on any atom is 0.433 e. The lowest BCUT2D eigenvalue weighted by Crippen LogP contribution is -2.26. The zero-order chi connectivity index (χ0) is 27.3. The lowest BCUT2D eigenvalue weighted by atomic mass is 10.1. The van der Waals surface area contributed by atoms with Crippen molar-refractivity contribution in [2.24, 2.45) is 0 Å². The summed E-state index contributed by atoms with van der Waals surface area (Å²) in [7, 11) is -2.42. The molecular weight excluding hydrogens is 525 g/mol. The molecule has 0 aliphatic rings. The molecule has 202 valence electrons. The Morgan fingerprint density at radius 1 is 1.05 bits per heavy atom. The van der Waals surface area contributed by atoms with Crippen LogP contribution in [0.3, 0.4) is 0 Å². The number of aromatic nitrogens is 2. The summed E-state index contributed by atoms with van der Waals surface area (Å²) in [5.41, 5.74) is 0.0100. The van der Waals surface area contributed by atoms with E-state index in [2.05, 4.69) is 15.1 Å². The Hall–Kier alpha value is -3.81. The van der Waals surface area contributed by atoms with Gasteiger partial charge in [-0.3, -0.25) is 9.82 Å². The molecular formula is C25H25F3N4O5S. The zero-order valence-electron chi connectivity index (χ0n) is 20.1. The molecule has 38 heavy (non-hydrogen) atoms. The number of nitrogens with zero attached hydrogens (tertiary/aromatic N) is 1. The third kappa shape index (κ3) is 6.54. The van der Waals surface area contributed by atoms with Crippen LogP contribution in [-0.4, -0.2) is 50.5 Å². The normalized spacial score (nSPS) is 12.9. The molecule has 0 aliphatic heterocycles. The molecule has 4 aromatic rings. The van der Waals surface area contributed by atoms with Crippen molar-refractivity contribution >= 4 is 26.6 Å². The number of hydrogen-bond donors (Lipinski definition) is 4. The Morgan fingerprint density at radius 3 is 2.61 bits per heavy atom. The maximum absolute atomic E-state index is 13.0. The van der Waals surface area contributed by atoms with E-state index in [4.69, 9.17) is 9.47 Å². The van der Waals surface area contributed by atoms with Gasteiger partial charge in [-0.25, -0.2) is 8.42 Å². The maximum atomic E-state index is 13.0. The smallest absolute Gasteiger partial charge is 0.433 e. The molecule has 0 radical (unpaired) electrons. The van der Waals surface area contributed by atoms with Crippen LogP contribution < -0.4 is 19.5 Å². The van der Waals surface area contributed by atoms with Gasteiger partial charge in [0.1, 0.15) is 23.8 Å². The Balaban J connectivity index is 1.28. The van der Waals surface area contributed by atoms with E-state index in [1.165, 1.54) is 43.5 Å². The van der Waals surface area contributed by atoms with Gasteiger partial charge in [-0.1, -0.05) is 18.2 Å². The summed E-state index contributed by atoms with van der Waals surface area (Å²) in [5, 5.41) is 19.2. The highest BCUT2D eigenvalue weighted by Crippen LogP contribution is 2.34. The summed E-state index contributed by atoms with van der Waals surface area (Å²) < 4.78 is 77.4. The van der Waals surface area contributed by atoms with E-state index in [0.29, 0.717) is 23.6 Å². The number of sulfonamides is 1. The number of anilines is 1. The van der Waals surface area contributed by atoms with Gasteiger partial charge in [-0.15, -0.1) is 0 Å². The molecule has 4 rings (SSSR count). The number of aromatic amines is 1. The number of ether oxygens (including phenoxy) is 2. The second-order valence-electron chi connectivity index (χ2n) is 8.25. The van der Waals surface area contributed by atoms with Gasteiger partial charge >= 0.3 is 6.18 Å². The van der Waals surface area contributed by atoms with Gasteiger partial charge in [-0.2, -0.15) is 18.3 Å². The third-order valence-electron chi connectivity index (χ3n) is 5.57. The van der Waals surface area contributed by atoms with Crippen molar-refractivity contribution in [3.05, 3.63) is 78.0 Å². The van der Waals surface area contributed by atoms with Crippen LogP contribution in [0.2, 0.25) is 0 Å². The van der Waals surface area contributed by atoms with E-state index in [9.17, 15) is 26.7 Å². The van der Waals surface area contributed by atoms with Crippen molar-refractivity contribution < 1.29 is 36.2 Å². The second kappa shape index (κ2) is 11.3. The summed E-state index contributed by atoms with van der Waals surface area (Å²) in [6.45, 7) is 0.684. The van der Waals surface area contributed by atoms with Crippen LogP contribution in [0.25, 0.3) is 10.9 Å². The second-order valence-corrected chi connectivity index (χ2v) is 9.94. The molecule has 0 amide bonds. The Labute approximate surface area is 216 Å². The first-order valence-electron chi connectivity index (χ1n) is 11.4. The third-order valence-corrected chi connectivity index (χ3v) is 6.95. The largest absolute Gasteiger partial charge is 0.497 e. The van der Waals surface area contributed by atoms with Crippen molar-refractivity contribution in [1.29, 1.82) is 0 Å². The number of H-pyrrole nitrogens is 1. The standard InChI is InChI=1S/C25H25F3N4O5S/c1-36-18-6-3-7-20(13-18)38(34,35)32-17-5-2-4-16(12-17)23(33)15-29-10-11-37-19-8-9-21-22(14-19)30-31-24(21)25(26,27)28/h2-9,12-14,23,29,32-33H,10-11,15H2,1H3,(H,30,31).